The van der Waals surface area contributed by atoms with Crippen molar-refractivity contribution in [1.29, 1.82) is 0 Å². The summed E-state index contributed by atoms with van der Waals surface area (Å²) in [5, 5.41) is 7.60. The summed E-state index contributed by atoms with van der Waals surface area (Å²) in [6, 6.07) is 2.52. The number of anilines is 1. The minimum atomic E-state index is -0.783. The summed E-state index contributed by atoms with van der Waals surface area (Å²) < 4.78 is 0. The van der Waals surface area contributed by atoms with Crippen LogP contribution in [-0.2, 0) is 9.59 Å². The smallest absolute Gasteiger partial charge is 0.293 e. The Labute approximate surface area is 185 Å². The number of thiazole rings is 1. The van der Waals surface area contributed by atoms with Gasteiger partial charge in [-0.25, -0.2) is 4.98 Å². The molecule has 0 radical (unpaired) electrons. The Hall–Kier alpha value is -2.32. The molecule has 2 rings (SSSR count). The van der Waals surface area contributed by atoms with Crippen LogP contribution in [0, 0.1) is 0 Å². The molecule has 8 heteroatoms. The number of Topliss-reactive ketones (excluding diaryl/α,β-unsaturated/α-hetero) is 1. The maximum Gasteiger partial charge on any atom is 0.293 e. The number of hydrogen-bond donors (Lipinski definition) is 2. The average molecular weight is 448 g/mol. The quantitative estimate of drug-likeness (QED) is 0.283. The zero-order chi connectivity index (χ0) is 22.1. The van der Waals surface area contributed by atoms with Gasteiger partial charge in [-0.05, 0) is 50.5 Å². The molecule has 2 N–H and O–H groups in total. The highest BCUT2D eigenvalue weighted by Gasteiger charge is 2.25. The van der Waals surface area contributed by atoms with Crippen molar-refractivity contribution in [3.8, 4) is 0 Å². The molecule has 0 saturated carbocycles. The second-order valence-corrected chi connectivity index (χ2v) is 9.45. The molecule has 0 fully saturated rings. The highest BCUT2D eigenvalue weighted by atomic mass is 32.1. The Bertz CT molecular complexity index is 883. The lowest BCUT2D eigenvalue weighted by Crippen LogP contribution is -2.46. The number of hydrogen-bond acceptors (Lipinski definition) is 6. The van der Waals surface area contributed by atoms with Gasteiger partial charge in [-0.15, -0.1) is 22.7 Å². The van der Waals surface area contributed by atoms with Gasteiger partial charge in [-0.1, -0.05) is 38.0 Å². The molecule has 0 aromatic carbocycles. The molecule has 2 unspecified atom stereocenters. The number of amides is 2. The van der Waals surface area contributed by atoms with Crippen LogP contribution in [0.5, 0.6) is 0 Å². The van der Waals surface area contributed by atoms with Crippen molar-refractivity contribution >= 4 is 45.4 Å². The molecule has 0 bridgehead atoms. The molecule has 30 heavy (non-hydrogen) atoms. The third-order valence-electron chi connectivity index (χ3n) is 4.54. The Kier molecular flexibility index (Phi) is 9.39. The minimum Gasteiger partial charge on any atom is -0.337 e. The van der Waals surface area contributed by atoms with E-state index in [1.54, 1.807) is 23.7 Å². The molecular weight excluding hydrogens is 418 g/mol. The molecule has 0 aliphatic rings. The van der Waals surface area contributed by atoms with Gasteiger partial charge in [-0.2, -0.15) is 0 Å². The van der Waals surface area contributed by atoms with Gasteiger partial charge in [0.05, 0.1) is 4.88 Å². The summed E-state index contributed by atoms with van der Waals surface area (Å²) in [6.07, 6.45) is 7.16. The predicted molar refractivity (Wildman–Crippen MR) is 123 cm³/mol. The molecule has 0 aliphatic carbocycles. The Balaban J connectivity index is 1.96. The number of carbonyl (C=O) groups excluding carboxylic acids is 3. The van der Waals surface area contributed by atoms with Crippen LogP contribution in [0.15, 0.2) is 35.4 Å². The summed E-state index contributed by atoms with van der Waals surface area (Å²) in [6.45, 7) is 8.24. The van der Waals surface area contributed by atoms with Gasteiger partial charge in [0.2, 0.25) is 5.91 Å². The van der Waals surface area contributed by atoms with E-state index in [2.05, 4.69) is 42.5 Å². The standard InChI is InChI=1S/C22H29N3O3S2/c1-5-8-16(24-21(28)19(26)17-11-7-12-29-17)20(27)25-22-23-13-18(30-22)15(4)10-6-9-14(2)3/h7,9,11-13,15-16H,5-6,8,10H2,1-4H3,(H,24,28)(H,23,25,27). The van der Waals surface area contributed by atoms with Crippen molar-refractivity contribution in [2.45, 2.75) is 65.3 Å². The number of rotatable bonds is 11. The van der Waals surface area contributed by atoms with Crippen LogP contribution in [0.3, 0.4) is 0 Å². The van der Waals surface area contributed by atoms with E-state index in [1.807, 2.05) is 6.92 Å². The lowest BCUT2D eigenvalue weighted by atomic mass is 10.0. The topological polar surface area (TPSA) is 88.2 Å². The van der Waals surface area contributed by atoms with Crippen LogP contribution in [0.2, 0.25) is 0 Å². The average Bonchev–Trinajstić information content (AvgIpc) is 3.38. The summed E-state index contributed by atoms with van der Waals surface area (Å²) in [5.74, 6) is -1.40. The van der Waals surface area contributed by atoms with Gasteiger partial charge >= 0.3 is 0 Å². The van der Waals surface area contributed by atoms with Crippen LogP contribution >= 0.6 is 22.7 Å². The lowest BCUT2D eigenvalue weighted by Gasteiger charge is -2.16. The first kappa shape index (κ1) is 24.0. The van der Waals surface area contributed by atoms with E-state index in [0.717, 1.165) is 17.7 Å². The van der Waals surface area contributed by atoms with Crippen molar-refractivity contribution in [2.24, 2.45) is 0 Å². The van der Waals surface area contributed by atoms with Gasteiger partial charge < -0.3 is 10.6 Å². The maximum atomic E-state index is 12.7. The number of ketones is 1. The number of aromatic nitrogens is 1. The van der Waals surface area contributed by atoms with Crippen LogP contribution in [0.4, 0.5) is 5.13 Å². The Morgan fingerprint density at radius 1 is 1.23 bits per heavy atom. The number of nitrogens with zero attached hydrogens (tertiary/aromatic N) is 1. The molecule has 0 aliphatic heterocycles. The zero-order valence-corrected chi connectivity index (χ0v) is 19.5. The molecule has 2 aromatic rings. The third-order valence-corrected chi connectivity index (χ3v) is 6.55. The molecule has 6 nitrogen and oxygen atoms in total. The second kappa shape index (κ2) is 11.8. The Morgan fingerprint density at radius 2 is 2.00 bits per heavy atom. The predicted octanol–water partition coefficient (Wildman–Crippen LogP) is 5.16. The van der Waals surface area contributed by atoms with Crippen molar-refractivity contribution in [1.82, 2.24) is 10.3 Å². The van der Waals surface area contributed by atoms with E-state index in [9.17, 15) is 14.4 Å². The minimum absolute atomic E-state index is 0.346. The van der Waals surface area contributed by atoms with Gasteiger partial charge in [0.25, 0.3) is 11.7 Å². The number of allylic oxidation sites excluding steroid dienone is 2. The molecule has 0 saturated heterocycles. The number of carbonyl (C=O) groups is 3. The third kappa shape index (κ3) is 7.18. The zero-order valence-electron chi connectivity index (χ0n) is 17.9. The first-order valence-corrected chi connectivity index (χ1v) is 11.8. The van der Waals surface area contributed by atoms with E-state index in [1.165, 1.54) is 28.2 Å². The summed E-state index contributed by atoms with van der Waals surface area (Å²) >= 11 is 2.65. The maximum absolute atomic E-state index is 12.7. The monoisotopic (exact) mass is 447 g/mol. The van der Waals surface area contributed by atoms with E-state index < -0.39 is 17.7 Å². The van der Waals surface area contributed by atoms with E-state index in [-0.39, 0.29) is 5.91 Å². The number of nitrogens with one attached hydrogen (secondary N) is 2. The molecule has 2 amide bonds. The van der Waals surface area contributed by atoms with E-state index in [0.29, 0.717) is 28.8 Å². The molecule has 0 spiro atoms. The van der Waals surface area contributed by atoms with Gasteiger partial charge in [0, 0.05) is 11.1 Å². The lowest BCUT2D eigenvalue weighted by molar-refractivity contribution is -0.124. The normalized spacial score (nSPS) is 12.7. The fourth-order valence-electron chi connectivity index (χ4n) is 2.83. The van der Waals surface area contributed by atoms with E-state index in [4.69, 9.17) is 0 Å². The Morgan fingerprint density at radius 3 is 2.63 bits per heavy atom. The van der Waals surface area contributed by atoms with Crippen LogP contribution in [-0.4, -0.2) is 28.6 Å². The highest BCUT2D eigenvalue weighted by molar-refractivity contribution is 7.15. The first-order valence-electron chi connectivity index (χ1n) is 10.1. The van der Waals surface area contributed by atoms with Crippen LogP contribution < -0.4 is 10.6 Å². The first-order chi connectivity index (χ1) is 14.3. The van der Waals surface area contributed by atoms with Crippen molar-refractivity contribution in [3.05, 3.63) is 45.1 Å². The van der Waals surface area contributed by atoms with Crippen LogP contribution in [0.25, 0.3) is 0 Å². The van der Waals surface area contributed by atoms with Crippen molar-refractivity contribution in [3.63, 3.8) is 0 Å². The fraction of sp³-hybridized carbons (Fsp3) is 0.455. The van der Waals surface area contributed by atoms with Crippen molar-refractivity contribution in [2.75, 3.05) is 5.32 Å². The van der Waals surface area contributed by atoms with Crippen molar-refractivity contribution < 1.29 is 14.4 Å². The summed E-state index contributed by atoms with van der Waals surface area (Å²) in [7, 11) is 0. The number of thiophene rings is 1. The van der Waals surface area contributed by atoms with Gasteiger partial charge in [0.15, 0.2) is 5.13 Å². The molecule has 2 heterocycles. The van der Waals surface area contributed by atoms with Crippen LogP contribution in [0.1, 0.15) is 73.8 Å². The largest absolute Gasteiger partial charge is 0.337 e. The summed E-state index contributed by atoms with van der Waals surface area (Å²) in [5.41, 5.74) is 1.31. The molecule has 162 valence electrons. The van der Waals surface area contributed by atoms with Gasteiger partial charge in [0.1, 0.15) is 6.04 Å². The SMILES string of the molecule is CCCC(NC(=O)C(=O)c1cccs1)C(=O)Nc1ncc(C(C)CCC=C(C)C)s1. The highest BCUT2D eigenvalue weighted by Crippen LogP contribution is 2.29. The van der Waals surface area contributed by atoms with Gasteiger partial charge in [-0.3, -0.25) is 14.4 Å². The molecule has 2 atom stereocenters. The second-order valence-electron chi connectivity index (χ2n) is 7.44. The van der Waals surface area contributed by atoms with E-state index >= 15 is 0 Å². The molecular formula is C22H29N3O3S2. The summed E-state index contributed by atoms with van der Waals surface area (Å²) in [4.78, 5) is 42.9. The fourth-order valence-corrected chi connectivity index (χ4v) is 4.40. The molecule has 2 aromatic heterocycles.